The van der Waals surface area contributed by atoms with Gasteiger partial charge < -0.3 is 15.4 Å². The minimum atomic E-state index is -0.871. The van der Waals surface area contributed by atoms with Crippen LogP contribution in [0.3, 0.4) is 0 Å². The fourth-order valence-corrected chi connectivity index (χ4v) is 5.65. The largest absolute Gasteiger partial charge is 0.497 e. The highest BCUT2D eigenvalue weighted by molar-refractivity contribution is 8.15. The summed E-state index contributed by atoms with van der Waals surface area (Å²) in [7, 11) is 1.57. The molecule has 2 aliphatic heterocycles. The lowest BCUT2D eigenvalue weighted by atomic mass is 10.1. The molecule has 0 spiro atoms. The predicted octanol–water partition coefficient (Wildman–Crippen LogP) is 4.55. The fraction of sp³-hybridized carbons (Fsp3) is 0.258. The SMILES string of the molecule is CC[C@@H](SC1=Nc2ccccc2C2=N[C@H](CC(=O)NCCc3ccccc3)C(=O)N12)C(=O)Nc1cccc(OC)c1. The molecule has 0 fully saturated rings. The van der Waals surface area contributed by atoms with E-state index in [1.807, 2.05) is 61.5 Å². The molecule has 2 aliphatic rings. The standard InChI is InChI=1S/C31H31N5O4S/c1-3-26(29(38)33-21-12-9-13-22(18-21)40-2)41-31-35-24-15-8-7-14-23(24)28-34-25(30(39)36(28)31)19-27(37)32-17-16-20-10-5-4-6-11-20/h4-15,18,25-26H,3,16-17,19H2,1-2H3,(H,32,37)(H,33,38)/t25-,26-/m1/s1. The molecule has 0 saturated carbocycles. The van der Waals surface area contributed by atoms with Crippen LogP contribution in [0.4, 0.5) is 11.4 Å². The number of carbonyl (C=O) groups is 3. The van der Waals surface area contributed by atoms with Crippen molar-refractivity contribution in [2.75, 3.05) is 19.0 Å². The average molecular weight is 570 g/mol. The first-order valence-electron chi connectivity index (χ1n) is 13.5. The van der Waals surface area contributed by atoms with Crippen LogP contribution in [0.1, 0.15) is 30.9 Å². The predicted molar refractivity (Wildman–Crippen MR) is 162 cm³/mol. The van der Waals surface area contributed by atoms with Gasteiger partial charge in [-0.3, -0.25) is 19.4 Å². The van der Waals surface area contributed by atoms with E-state index < -0.39 is 11.3 Å². The van der Waals surface area contributed by atoms with Crippen molar-refractivity contribution >= 4 is 51.9 Å². The summed E-state index contributed by atoms with van der Waals surface area (Å²) < 4.78 is 5.26. The third-order valence-electron chi connectivity index (χ3n) is 6.75. The number of benzene rings is 3. The molecule has 2 atom stereocenters. The Morgan fingerprint density at radius 1 is 1.05 bits per heavy atom. The lowest BCUT2D eigenvalue weighted by molar-refractivity contribution is -0.128. The molecule has 10 heteroatoms. The van der Waals surface area contributed by atoms with Gasteiger partial charge in [-0.1, -0.05) is 67.2 Å². The van der Waals surface area contributed by atoms with E-state index in [4.69, 9.17) is 9.73 Å². The summed E-state index contributed by atoms with van der Waals surface area (Å²) in [6.45, 7) is 2.37. The topological polar surface area (TPSA) is 112 Å². The zero-order valence-corrected chi connectivity index (χ0v) is 23.7. The molecule has 0 saturated heterocycles. The zero-order valence-electron chi connectivity index (χ0n) is 22.9. The molecule has 0 radical (unpaired) electrons. The molecule has 41 heavy (non-hydrogen) atoms. The second-order valence-electron chi connectivity index (χ2n) is 9.58. The van der Waals surface area contributed by atoms with E-state index in [0.29, 0.717) is 53.1 Å². The Hall–Kier alpha value is -4.44. The highest BCUT2D eigenvalue weighted by Gasteiger charge is 2.43. The number of anilines is 1. The number of aliphatic imine (C=N–C) groups is 2. The first-order valence-corrected chi connectivity index (χ1v) is 14.4. The minimum absolute atomic E-state index is 0.0682. The number of hydrogen-bond acceptors (Lipinski definition) is 7. The maximum atomic E-state index is 13.6. The van der Waals surface area contributed by atoms with Gasteiger partial charge in [0.15, 0.2) is 5.17 Å². The summed E-state index contributed by atoms with van der Waals surface area (Å²) in [6.07, 6.45) is 1.13. The maximum Gasteiger partial charge on any atom is 0.259 e. The van der Waals surface area contributed by atoms with Crippen LogP contribution in [0.25, 0.3) is 0 Å². The molecule has 0 aromatic heterocycles. The van der Waals surface area contributed by atoms with Crippen molar-refractivity contribution in [2.24, 2.45) is 9.98 Å². The molecule has 5 rings (SSSR count). The smallest absolute Gasteiger partial charge is 0.259 e. The molecule has 0 unspecified atom stereocenters. The molecule has 3 aromatic rings. The fourth-order valence-electron chi connectivity index (χ4n) is 4.63. The number of ether oxygens (including phenoxy) is 1. The summed E-state index contributed by atoms with van der Waals surface area (Å²) in [5, 5.41) is 5.67. The first-order chi connectivity index (χ1) is 20.0. The Labute approximate surface area is 243 Å². The Kier molecular flexibility index (Phi) is 8.79. The van der Waals surface area contributed by atoms with Crippen LogP contribution < -0.4 is 15.4 Å². The van der Waals surface area contributed by atoms with E-state index in [9.17, 15) is 14.4 Å². The molecule has 0 bridgehead atoms. The summed E-state index contributed by atoms with van der Waals surface area (Å²) in [5.74, 6) is 0.296. The van der Waals surface area contributed by atoms with Gasteiger partial charge in [-0.15, -0.1) is 0 Å². The van der Waals surface area contributed by atoms with Crippen molar-refractivity contribution in [1.29, 1.82) is 0 Å². The summed E-state index contributed by atoms with van der Waals surface area (Å²) >= 11 is 1.21. The molecule has 2 N–H and O–H groups in total. The van der Waals surface area contributed by atoms with Crippen LogP contribution >= 0.6 is 11.8 Å². The number of thioether (sulfide) groups is 1. The van der Waals surface area contributed by atoms with Crippen LogP contribution in [0.5, 0.6) is 5.75 Å². The van der Waals surface area contributed by atoms with Gasteiger partial charge in [0.05, 0.1) is 24.5 Å². The van der Waals surface area contributed by atoms with Crippen LogP contribution in [-0.4, -0.2) is 58.6 Å². The molecule has 3 amide bonds. The molecule has 2 heterocycles. The third-order valence-corrected chi connectivity index (χ3v) is 8.07. The Balaban J connectivity index is 1.30. The average Bonchev–Trinajstić information content (AvgIpc) is 3.32. The molecular weight excluding hydrogens is 538 g/mol. The van der Waals surface area contributed by atoms with Gasteiger partial charge in [0, 0.05) is 23.9 Å². The van der Waals surface area contributed by atoms with Crippen molar-refractivity contribution in [3.05, 3.63) is 90.0 Å². The van der Waals surface area contributed by atoms with Gasteiger partial charge in [0.2, 0.25) is 11.8 Å². The number of carbonyl (C=O) groups excluding carboxylic acids is 3. The summed E-state index contributed by atoms with van der Waals surface area (Å²) in [5.41, 5.74) is 3.11. The van der Waals surface area contributed by atoms with Gasteiger partial charge in [0.25, 0.3) is 5.91 Å². The van der Waals surface area contributed by atoms with Crippen molar-refractivity contribution in [3.8, 4) is 5.75 Å². The zero-order chi connectivity index (χ0) is 28.8. The molecule has 3 aromatic carbocycles. The number of para-hydroxylation sites is 1. The third kappa shape index (κ3) is 6.49. The molecule has 0 aliphatic carbocycles. The van der Waals surface area contributed by atoms with Crippen molar-refractivity contribution in [1.82, 2.24) is 10.2 Å². The van der Waals surface area contributed by atoms with Crippen LogP contribution in [0, 0.1) is 0 Å². The van der Waals surface area contributed by atoms with Crippen molar-refractivity contribution in [2.45, 2.75) is 37.5 Å². The number of amidine groups is 2. The van der Waals surface area contributed by atoms with Crippen molar-refractivity contribution in [3.63, 3.8) is 0 Å². The number of nitrogens with one attached hydrogen (secondary N) is 2. The van der Waals surface area contributed by atoms with E-state index in [-0.39, 0.29) is 24.1 Å². The molecule has 9 nitrogen and oxygen atoms in total. The van der Waals surface area contributed by atoms with Gasteiger partial charge in [0.1, 0.15) is 17.6 Å². The van der Waals surface area contributed by atoms with Gasteiger partial charge >= 0.3 is 0 Å². The highest BCUT2D eigenvalue weighted by Crippen LogP contribution is 2.36. The number of rotatable bonds is 10. The Morgan fingerprint density at radius 2 is 1.83 bits per heavy atom. The second kappa shape index (κ2) is 12.8. The number of nitrogens with zero attached hydrogens (tertiary/aromatic N) is 3. The van der Waals surface area contributed by atoms with Crippen LogP contribution in [0.2, 0.25) is 0 Å². The van der Waals surface area contributed by atoms with E-state index in [1.165, 1.54) is 16.7 Å². The minimum Gasteiger partial charge on any atom is -0.497 e. The summed E-state index contributed by atoms with van der Waals surface area (Å²) in [4.78, 5) is 50.5. The van der Waals surface area contributed by atoms with Crippen LogP contribution in [0.15, 0.2) is 88.8 Å². The number of fused-ring (bicyclic) bond motifs is 3. The first kappa shape index (κ1) is 28.1. The van der Waals surface area contributed by atoms with Crippen molar-refractivity contribution < 1.29 is 19.1 Å². The highest BCUT2D eigenvalue weighted by atomic mass is 32.2. The van der Waals surface area contributed by atoms with E-state index in [1.54, 1.807) is 31.4 Å². The lowest BCUT2D eigenvalue weighted by Crippen LogP contribution is -2.43. The normalized spacial score (nSPS) is 16.2. The Bertz CT molecular complexity index is 1510. The van der Waals surface area contributed by atoms with E-state index >= 15 is 0 Å². The molecular formula is C31H31N5O4S. The van der Waals surface area contributed by atoms with Gasteiger partial charge in [-0.2, -0.15) is 0 Å². The number of methoxy groups -OCH3 is 1. The number of hydrogen-bond donors (Lipinski definition) is 2. The number of amides is 3. The lowest BCUT2D eigenvalue weighted by Gasteiger charge is -2.27. The summed E-state index contributed by atoms with van der Waals surface area (Å²) in [6, 6.07) is 23.6. The quantitative estimate of drug-likeness (QED) is 0.372. The van der Waals surface area contributed by atoms with Gasteiger partial charge in [-0.05, 0) is 42.7 Å². The second-order valence-corrected chi connectivity index (χ2v) is 10.7. The van der Waals surface area contributed by atoms with Gasteiger partial charge in [-0.25, -0.2) is 9.89 Å². The monoisotopic (exact) mass is 569 g/mol. The van der Waals surface area contributed by atoms with E-state index in [0.717, 1.165) is 5.56 Å². The Morgan fingerprint density at radius 3 is 2.61 bits per heavy atom. The maximum absolute atomic E-state index is 13.6. The van der Waals surface area contributed by atoms with E-state index in [2.05, 4.69) is 15.6 Å². The molecule has 210 valence electrons. The van der Waals surface area contributed by atoms with Crippen LogP contribution in [-0.2, 0) is 20.8 Å².